The lowest BCUT2D eigenvalue weighted by Gasteiger charge is -2.25. The van der Waals surface area contributed by atoms with Crippen molar-refractivity contribution in [2.75, 3.05) is 18.0 Å². The maximum atomic E-state index is 6.62. The van der Waals surface area contributed by atoms with Crippen molar-refractivity contribution in [3.63, 3.8) is 0 Å². The van der Waals surface area contributed by atoms with Crippen LogP contribution in [0.5, 0.6) is 5.75 Å². The van der Waals surface area contributed by atoms with E-state index < -0.39 is 0 Å². The highest BCUT2D eigenvalue weighted by Crippen LogP contribution is 2.37. The molecule has 0 aliphatic carbocycles. The second-order valence-corrected chi connectivity index (χ2v) is 9.32. The van der Waals surface area contributed by atoms with Crippen LogP contribution in [0.15, 0.2) is 89.7 Å². The summed E-state index contributed by atoms with van der Waals surface area (Å²) in [5.74, 6) is 1.90. The summed E-state index contributed by atoms with van der Waals surface area (Å²) in [7, 11) is 0. The monoisotopic (exact) mass is 474 g/mol. The van der Waals surface area contributed by atoms with Gasteiger partial charge in [0.1, 0.15) is 11.5 Å². The van der Waals surface area contributed by atoms with Gasteiger partial charge in [0, 0.05) is 41.2 Å². The van der Waals surface area contributed by atoms with E-state index in [1.54, 1.807) is 0 Å². The normalized spacial score (nSPS) is 14.6. The van der Waals surface area contributed by atoms with Crippen molar-refractivity contribution in [1.29, 1.82) is 0 Å². The van der Waals surface area contributed by atoms with Crippen molar-refractivity contribution in [1.82, 2.24) is 4.98 Å². The van der Waals surface area contributed by atoms with Crippen LogP contribution in [0.2, 0.25) is 0 Å². The van der Waals surface area contributed by atoms with Crippen molar-refractivity contribution < 1.29 is 4.74 Å². The Balaban J connectivity index is 1.60. The standard InChI is InChI=1S/C33H34N2O/c1-5-12-24(33-23(4)21-25-17-19-26(22-32(25)36-33)35(6-2)7-3)18-20-27-28-13-8-10-15-30(28)34-31-16-11-9-14-29(27)31/h8-11,13-22H,5-7,12H2,1-4H3/b20-18+,33-24-. The Labute approximate surface area is 214 Å². The number of pyridine rings is 1. The topological polar surface area (TPSA) is 25.4 Å². The number of rotatable bonds is 7. The largest absolute Gasteiger partial charge is 0.456 e. The first-order chi connectivity index (χ1) is 17.6. The molecule has 0 N–H and O–H groups in total. The minimum atomic E-state index is 0.932. The van der Waals surface area contributed by atoms with Gasteiger partial charge in [0.05, 0.1) is 11.0 Å². The molecule has 0 fully saturated rings. The maximum absolute atomic E-state index is 6.62. The minimum Gasteiger partial charge on any atom is -0.456 e. The van der Waals surface area contributed by atoms with E-state index in [1.807, 2.05) is 0 Å². The fourth-order valence-corrected chi connectivity index (χ4v) is 5.10. The van der Waals surface area contributed by atoms with Gasteiger partial charge < -0.3 is 9.64 Å². The first-order valence-electron chi connectivity index (χ1n) is 13.1. The van der Waals surface area contributed by atoms with E-state index in [1.165, 1.54) is 27.6 Å². The molecule has 2 heterocycles. The Morgan fingerprint density at radius 1 is 0.889 bits per heavy atom. The Kier molecular flexibility index (Phi) is 6.90. The molecule has 0 atom stereocenters. The van der Waals surface area contributed by atoms with Crippen molar-refractivity contribution in [2.45, 2.75) is 40.5 Å². The number of hydrogen-bond acceptors (Lipinski definition) is 3. The molecule has 182 valence electrons. The SMILES string of the molecule is CCCC(/C=C/c1c2ccccc2nc2ccccc12)=C1/Oc2cc(N(CC)CC)ccc2C=C1C. The fraction of sp³-hybridized carbons (Fsp3) is 0.242. The summed E-state index contributed by atoms with van der Waals surface area (Å²) in [6.07, 6.45) is 8.75. The zero-order chi connectivity index (χ0) is 25.1. The Hall–Kier alpha value is -3.85. The number of allylic oxidation sites excluding steroid dienone is 3. The van der Waals surface area contributed by atoms with E-state index in [-0.39, 0.29) is 0 Å². The van der Waals surface area contributed by atoms with E-state index in [9.17, 15) is 0 Å². The quantitative estimate of drug-likeness (QED) is 0.250. The summed E-state index contributed by atoms with van der Waals surface area (Å²) in [5, 5.41) is 2.33. The average molecular weight is 475 g/mol. The van der Waals surface area contributed by atoms with Crippen LogP contribution in [0.4, 0.5) is 5.69 Å². The van der Waals surface area contributed by atoms with Gasteiger partial charge in [-0.1, -0.05) is 61.9 Å². The predicted octanol–water partition coefficient (Wildman–Crippen LogP) is 8.80. The summed E-state index contributed by atoms with van der Waals surface area (Å²) in [6.45, 7) is 10.7. The molecule has 0 bridgehead atoms. The zero-order valence-corrected chi connectivity index (χ0v) is 21.7. The third kappa shape index (κ3) is 4.54. The highest BCUT2D eigenvalue weighted by Gasteiger charge is 2.19. The molecule has 3 aromatic carbocycles. The third-order valence-electron chi connectivity index (χ3n) is 6.96. The smallest absolute Gasteiger partial charge is 0.136 e. The molecule has 1 aliphatic rings. The summed E-state index contributed by atoms with van der Waals surface area (Å²) in [5.41, 5.74) is 7.95. The van der Waals surface area contributed by atoms with E-state index in [0.717, 1.165) is 59.6 Å². The van der Waals surface area contributed by atoms with E-state index in [4.69, 9.17) is 9.72 Å². The summed E-state index contributed by atoms with van der Waals surface area (Å²) in [6, 6.07) is 23.3. The fourth-order valence-electron chi connectivity index (χ4n) is 5.10. The van der Waals surface area contributed by atoms with Gasteiger partial charge in [-0.05, 0) is 74.2 Å². The minimum absolute atomic E-state index is 0.932. The summed E-state index contributed by atoms with van der Waals surface area (Å²) in [4.78, 5) is 7.23. The number of hydrogen-bond donors (Lipinski definition) is 0. The Bertz CT molecular complexity index is 1450. The molecule has 1 aliphatic heterocycles. The third-order valence-corrected chi connectivity index (χ3v) is 6.96. The van der Waals surface area contributed by atoms with Crippen LogP contribution >= 0.6 is 0 Å². The zero-order valence-electron chi connectivity index (χ0n) is 21.7. The van der Waals surface area contributed by atoms with Gasteiger partial charge in [-0.25, -0.2) is 4.98 Å². The molecule has 1 aromatic heterocycles. The Morgan fingerprint density at radius 2 is 1.56 bits per heavy atom. The first-order valence-corrected chi connectivity index (χ1v) is 13.1. The number of nitrogens with zero attached hydrogens (tertiary/aromatic N) is 2. The number of para-hydroxylation sites is 2. The van der Waals surface area contributed by atoms with Crippen LogP contribution < -0.4 is 9.64 Å². The molecular formula is C33H34N2O. The van der Waals surface area contributed by atoms with E-state index in [0.29, 0.717) is 0 Å². The second kappa shape index (κ2) is 10.4. The highest BCUT2D eigenvalue weighted by molar-refractivity contribution is 6.02. The lowest BCUT2D eigenvalue weighted by molar-refractivity contribution is 0.424. The second-order valence-electron chi connectivity index (χ2n) is 9.32. The highest BCUT2D eigenvalue weighted by atomic mass is 16.5. The molecule has 0 unspecified atom stereocenters. The molecule has 0 radical (unpaired) electrons. The van der Waals surface area contributed by atoms with Gasteiger partial charge >= 0.3 is 0 Å². The molecule has 3 nitrogen and oxygen atoms in total. The van der Waals surface area contributed by atoms with Crippen molar-refractivity contribution >= 4 is 39.6 Å². The van der Waals surface area contributed by atoms with E-state index >= 15 is 0 Å². The molecule has 0 amide bonds. The lowest BCUT2D eigenvalue weighted by atomic mass is 9.97. The van der Waals surface area contributed by atoms with Crippen LogP contribution in [-0.2, 0) is 0 Å². The summed E-state index contributed by atoms with van der Waals surface area (Å²) < 4.78 is 6.62. The van der Waals surface area contributed by atoms with Crippen LogP contribution in [-0.4, -0.2) is 18.1 Å². The van der Waals surface area contributed by atoms with Crippen molar-refractivity contribution in [3.05, 3.63) is 101 Å². The molecule has 4 aromatic rings. The maximum Gasteiger partial charge on any atom is 0.136 e. The van der Waals surface area contributed by atoms with Crippen LogP contribution in [0.1, 0.15) is 51.7 Å². The number of anilines is 1. The van der Waals surface area contributed by atoms with Crippen LogP contribution in [0, 0.1) is 0 Å². The average Bonchev–Trinajstić information content (AvgIpc) is 2.90. The molecule has 5 rings (SSSR count). The molecule has 3 heteroatoms. The van der Waals surface area contributed by atoms with Crippen molar-refractivity contribution in [3.8, 4) is 5.75 Å². The van der Waals surface area contributed by atoms with Gasteiger partial charge in [0.2, 0.25) is 0 Å². The number of fused-ring (bicyclic) bond motifs is 3. The molecule has 36 heavy (non-hydrogen) atoms. The van der Waals surface area contributed by atoms with Gasteiger partial charge in [0.25, 0.3) is 0 Å². The van der Waals surface area contributed by atoms with Gasteiger partial charge in [-0.3, -0.25) is 0 Å². The number of ether oxygens (including phenoxy) is 1. The molecule has 0 spiro atoms. The molecular weight excluding hydrogens is 440 g/mol. The van der Waals surface area contributed by atoms with Gasteiger partial charge in [-0.15, -0.1) is 0 Å². The van der Waals surface area contributed by atoms with Gasteiger partial charge in [-0.2, -0.15) is 0 Å². The molecule has 0 saturated carbocycles. The van der Waals surface area contributed by atoms with Crippen LogP contribution in [0.3, 0.4) is 0 Å². The molecule has 0 saturated heterocycles. The predicted molar refractivity (Wildman–Crippen MR) is 154 cm³/mol. The van der Waals surface area contributed by atoms with E-state index in [2.05, 4.69) is 118 Å². The van der Waals surface area contributed by atoms with Gasteiger partial charge in [0.15, 0.2) is 0 Å². The number of benzene rings is 3. The van der Waals surface area contributed by atoms with Crippen LogP contribution in [0.25, 0.3) is 34.0 Å². The summed E-state index contributed by atoms with van der Waals surface area (Å²) >= 11 is 0. The first kappa shape index (κ1) is 23.9. The lowest BCUT2D eigenvalue weighted by Crippen LogP contribution is -2.22. The van der Waals surface area contributed by atoms with Crippen molar-refractivity contribution in [2.24, 2.45) is 0 Å². The number of aromatic nitrogens is 1. The Morgan fingerprint density at radius 3 is 2.19 bits per heavy atom.